The van der Waals surface area contributed by atoms with Crippen molar-refractivity contribution in [3.05, 3.63) is 57.0 Å². The zero-order valence-electron chi connectivity index (χ0n) is 10.2. The van der Waals surface area contributed by atoms with Crippen molar-refractivity contribution >= 4 is 44.8 Å². The van der Waals surface area contributed by atoms with Crippen LogP contribution in [0.15, 0.2) is 40.9 Å². The Morgan fingerprint density at radius 3 is 2.65 bits per heavy atom. The van der Waals surface area contributed by atoms with Crippen molar-refractivity contribution < 1.29 is 4.79 Å². The van der Waals surface area contributed by atoms with Gasteiger partial charge in [0.2, 0.25) is 0 Å². The van der Waals surface area contributed by atoms with Crippen LogP contribution in [0.1, 0.15) is 15.9 Å². The number of amides is 1. The van der Waals surface area contributed by atoms with Gasteiger partial charge in [0.15, 0.2) is 0 Å². The molecule has 100 valence electrons. The molecule has 2 aromatic rings. The first-order valence-corrected chi connectivity index (χ1v) is 6.74. The molecule has 0 heterocycles. The van der Waals surface area contributed by atoms with Crippen molar-refractivity contribution in [1.82, 2.24) is 0 Å². The third-order valence-corrected chi connectivity index (χ3v) is 3.60. The molecule has 0 bridgehead atoms. The number of nitrogens with two attached hydrogens (primary N) is 1. The second kappa shape index (κ2) is 5.95. The Bertz CT molecular complexity index is 725. The topological polar surface area (TPSA) is 78.9 Å². The van der Waals surface area contributed by atoms with Gasteiger partial charge in [-0.2, -0.15) is 5.26 Å². The molecule has 0 spiro atoms. The van der Waals surface area contributed by atoms with Crippen LogP contribution >= 0.6 is 27.5 Å². The number of carbonyl (C=O) groups is 1. The van der Waals surface area contributed by atoms with Crippen LogP contribution in [0.3, 0.4) is 0 Å². The van der Waals surface area contributed by atoms with Crippen molar-refractivity contribution in [1.29, 1.82) is 5.26 Å². The van der Waals surface area contributed by atoms with Crippen LogP contribution in [0, 0.1) is 11.3 Å². The second-order valence-electron chi connectivity index (χ2n) is 4.00. The Labute approximate surface area is 129 Å². The SMILES string of the molecule is N#Cc1ccc(NC(=O)c2ccc(Cl)c(N)c2)c(Br)c1. The number of rotatable bonds is 2. The Hall–Kier alpha value is -2.03. The molecule has 0 unspecified atom stereocenters. The van der Waals surface area contributed by atoms with Gasteiger partial charge in [-0.3, -0.25) is 4.79 Å². The molecule has 0 atom stereocenters. The molecular weight excluding hydrogens is 342 g/mol. The maximum atomic E-state index is 12.1. The zero-order valence-corrected chi connectivity index (χ0v) is 12.5. The van der Waals surface area contributed by atoms with Crippen LogP contribution in [0.4, 0.5) is 11.4 Å². The van der Waals surface area contributed by atoms with Gasteiger partial charge in [-0.25, -0.2) is 0 Å². The number of nitriles is 1. The van der Waals surface area contributed by atoms with Crippen molar-refractivity contribution in [3.63, 3.8) is 0 Å². The number of nitrogens with zero attached hydrogens (tertiary/aromatic N) is 1. The van der Waals surface area contributed by atoms with E-state index in [0.717, 1.165) is 0 Å². The van der Waals surface area contributed by atoms with Crippen molar-refractivity contribution in [3.8, 4) is 6.07 Å². The molecule has 0 fully saturated rings. The van der Waals surface area contributed by atoms with E-state index in [2.05, 4.69) is 21.2 Å². The Morgan fingerprint density at radius 2 is 2.05 bits per heavy atom. The standard InChI is InChI=1S/C14H9BrClN3O/c15-10-5-8(7-17)1-4-13(10)19-14(20)9-2-3-11(16)12(18)6-9/h1-6H,18H2,(H,19,20). The number of nitrogens with one attached hydrogen (secondary N) is 1. The highest BCUT2D eigenvalue weighted by atomic mass is 79.9. The van der Waals surface area contributed by atoms with Gasteiger partial charge in [0.25, 0.3) is 5.91 Å². The fourth-order valence-corrected chi connectivity index (χ4v) is 2.16. The van der Waals surface area contributed by atoms with Gasteiger partial charge >= 0.3 is 0 Å². The summed E-state index contributed by atoms with van der Waals surface area (Å²) < 4.78 is 0.631. The molecule has 4 nitrogen and oxygen atoms in total. The van der Waals surface area contributed by atoms with Gasteiger partial charge in [-0.1, -0.05) is 11.6 Å². The van der Waals surface area contributed by atoms with Crippen LogP contribution in [0.25, 0.3) is 0 Å². The number of benzene rings is 2. The van der Waals surface area contributed by atoms with E-state index in [1.165, 1.54) is 6.07 Å². The number of anilines is 2. The predicted octanol–water partition coefficient (Wildman–Crippen LogP) is 3.81. The van der Waals surface area contributed by atoms with E-state index in [1.807, 2.05) is 6.07 Å². The maximum absolute atomic E-state index is 12.1. The summed E-state index contributed by atoms with van der Waals surface area (Å²) in [5.41, 5.74) is 7.49. The Balaban J connectivity index is 2.23. The lowest BCUT2D eigenvalue weighted by molar-refractivity contribution is 0.102. The minimum absolute atomic E-state index is 0.307. The van der Waals surface area contributed by atoms with E-state index in [1.54, 1.807) is 30.3 Å². The average molecular weight is 351 g/mol. The largest absolute Gasteiger partial charge is 0.398 e. The van der Waals surface area contributed by atoms with Crippen LogP contribution in [0.5, 0.6) is 0 Å². The summed E-state index contributed by atoms with van der Waals surface area (Å²) in [5, 5.41) is 11.9. The summed E-state index contributed by atoms with van der Waals surface area (Å²) in [6.45, 7) is 0. The zero-order chi connectivity index (χ0) is 14.7. The smallest absolute Gasteiger partial charge is 0.255 e. The number of halogens is 2. The summed E-state index contributed by atoms with van der Waals surface area (Å²) >= 11 is 9.11. The van der Waals surface area contributed by atoms with Gasteiger partial charge in [0, 0.05) is 10.0 Å². The molecule has 0 saturated carbocycles. The fraction of sp³-hybridized carbons (Fsp3) is 0. The Kier molecular flexibility index (Phi) is 4.28. The lowest BCUT2D eigenvalue weighted by Crippen LogP contribution is -2.12. The molecule has 6 heteroatoms. The van der Waals surface area contributed by atoms with Crippen molar-refractivity contribution in [2.45, 2.75) is 0 Å². The van der Waals surface area contributed by atoms with Crippen LogP contribution in [-0.2, 0) is 0 Å². The van der Waals surface area contributed by atoms with E-state index in [9.17, 15) is 4.79 Å². The first kappa shape index (κ1) is 14.4. The molecule has 0 aliphatic rings. The minimum Gasteiger partial charge on any atom is -0.398 e. The number of carbonyl (C=O) groups excluding carboxylic acids is 1. The lowest BCUT2D eigenvalue weighted by Gasteiger charge is -2.08. The molecule has 3 N–H and O–H groups in total. The molecule has 0 radical (unpaired) electrons. The predicted molar refractivity (Wildman–Crippen MR) is 82.7 cm³/mol. The third kappa shape index (κ3) is 3.10. The molecular formula is C14H9BrClN3O. The highest BCUT2D eigenvalue weighted by Crippen LogP contribution is 2.25. The lowest BCUT2D eigenvalue weighted by atomic mass is 10.1. The summed E-state index contributed by atoms with van der Waals surface area (Å²) in [4.78, 5) is 12.1. The van der Waals surface area contributed by atoms with E-state index < -0.39 is 0 Å². The molecule has 20 heavy (non-hydrogen) atoms. The highest BCUT2D eigenvalue weighted by molar-refractivity contribution is 9.10. The number of nitrogen functional groups attached to an aromatic ring is 1. The van der Waals surface area contributed by atoms with Crippen LogP contribution in [-0.4, -0.2) is 5.91 Å². The van der Waals surface area contributed by atoms with E-state index in [4.69, 9.17) is 22.6 Å². The molecule has 2 rings (SSSR count). The second-order valence-corrected chi connectivity index (χ2v) is 5.26. The number of hydrogen-bond acceptors (Lipinski definition) is 3. The molecule has 0 aliphatic carbocycles. The van der Waals surface area contributed by atoms with Crippen LogP contribution in [0.2, 0.25) is 5.02 Å². The molecule has 0 aromatic heterocycles. The summed E-state index contributed by atoms with van der Waals surface area (Å²) in [7, 11) is 0. The summed E-state index contributed by atoms with van der Waals surface area (Å²) in [6.07, 6.45) is 0. The van der Waals surface area contributed by atoms with Gasteiger partial charge in [-0.05, 0) is 52.3 Å². The highest BCUT2D eigenvalue weighted by Gasteiger charge is 2.10. The quantitative estimate of drug-likeness (QED) is 0.808. The third-order valence-electron chi connectivity index (χ3n) is 2.60. The molecule has 0 saturated heterocycles. The van der Waals surface area contributed by atoms with Gasteiger partial charge < -0.3 is 11.1 Å². The Morgan fingerprint density at radius 1 is 1.30 bits per heavy atom. The van der Waals surface area contributed by atoms with Gasteiger partial charge in [0.05, 0.1) is 28.0 Å². The minimum atomic E-state index is -0.307. The van der Waals surface area contributed by atoms with Crippen molar-refractivity contribution in [2.75, 3.05) is 11.1 Å². The van der Waals surface area contributed by atoms with E-state index >= 15 is 0 Å². The summed E-state index contributed by atoms with van der Waals surface area (Å²) in [6, 6.07) is 11.6. The van der Waals surface area contributed by atoms with Gasteiger partial charge in [-0.15, -0.1) is 0 Å². The first-order chi connectivity index (χ1) is 9.51. The van der Waals surface area contributed by atoms with Gasteiger partial charge in [0.1, 0.15) is 0 Å². The van der Waals surface area contributed by atoms with Crippen LogP contribution < -0.4 is 11.1 Å². The fourth-order valence-electron chi connectivity index (χ4n) is 1.57. The first-order valence-electron chi connectivity index (χ1n) is 5.57. The van der Waals surface area contributed by atoms with E-state index in [-0.39, 0.29) is 5.91 Å². The van der Waals surface area contributed by atoms with Crippen molar-refractivity contribution in [2.24, 2.45) is 0 Å². The maximum Gasteiger partial charge on any atom is 0.255 e. The molecule has 2 aromatic carbocycles. The van der Waals surface area contributed by atoms with E-state index in [0.29, 0.717) is 32.0 Å². The number of hydrogen-bond donors (Lipinski definition) is 2. The normalized spacial score (nSPS) is 9.85. The molecule has 1 amide bonds. The summed E-state index contributed by atoms with van der Waals surface area (Å²) in [5.74, 6) is -0.307. The monoisotopic (exact) mass is 349 g/mol. The molecule has 0 aliphatic heterocycles. The average Bonchev–Trinajstić information content (AvgIpc) is 2.43.